The smallest absolute Gasteiger partial charge is 0.247 e. The molecule has 0 saturated heterocycles. The van der Waals surface area contributed by atoms with Gasteiger partial charge in [-0.15, -0.1) is 0 Å². The number of anilines is 2. The first-order chi connectivity index (χ1) is 17.5. The molecule has 0 saturated carbocycles. The number of benzene rings is 2. The highest BCUT2D eigenvalue weighted by molar-refractivity contribution is 7.99. The first-order valence-corrected chi connectivity index (χ1v) is 13.4. The molecule has 196 valence electrons. The molecule has 0 aliphatic rings. The maximum absolute atomic E-state index is 13.7. The topological polar surface area (TPSA) is 78.4 Å². The predicted molar refractivity (Wildman–Crippen MR) is 152 cm³/mol. The van der Waals surface area contributed by atoms with E-state index in [2.05, 4.69) is 15.3 Å². The molecule has 0 aliphatic carbocycles. The summed E-state index contributed by atoms with van der Waals surface area (Å²) in [6.45, 7) is 10.1. The number of rotatable bonds is 10. The molecule has 3 rings (SSSR count). The van der Waals surface area contributed by atoms with Gasteiger partial charge in [0.15, 0.2) is 5.16 Å². The van der Waals surface area contributed by atoms with Crippen molar-refractivity contribution in [2.24, 2.45) is 5.92 Å². The zero-order chi connectivity index (χ0) is 27.1. The van der Waals surface area contributed by atoms with Crippen LogP contribution in [0.25, 0.3) is 0 Å². The summed E-state index contributed by atoms with van der Waals surface area (Å²) in [4.78, 5) is 39.9. The lowest BCUT2D eigenvalue weighted by atomic mass is 9.99. The largest absolute Gasteiger partial charge is 0.378 e. The van der Waals surface area contributed by atoms with E-state index >= 15 is 0 Å². The monoisotopic (exact) mass is 519 g/mol. The Morgan fingerprint density at radius 2 is 1.57 bits per heavy atom. The molecule has 0 fully saturated rings. The molecular formula is C29H37N5O2S. The molecule has 1 unspecified atom stereocenters. The quantitative estimate of drug-likeness (QED) is 0.291. The Morgan fingerprint density at radius 3 is 2.14 bits per heavy atom. The average molecular weight is 520 g/mol. The summed E-state index contributed by atoms with van der Waals surface area (Å²) < 4.78 is 0. The fourth-order valence-electron chi connectivity index (χ4n) is 4.14. The van der Waals surface area contributed by atoms with E-state index in [0.29, 0.717) is 17.4 Å². The summed E-state index contributed by atoms with van der Waals surface area (Å²) in [5.41, 5.74) is 5.55. The molecule has 2 aromatic carbocycles. The molecule has 3 aromatic rings. The minimum absolute atomic E-state index is 0.100. The normalized spacial score (nSPS) is 11.8. The SMILES string of the molecule is Cc1cc(C)nc(SCC(=O)N(Cc2ccccc2C)C(C(=O)Nc2ccc(N(C)C)cc2)C(C)C)n1. The molecule has 7 nitrogen and oxygen atoms in total. The summed E-state index contributed by atoms with van der Waals surface area (Å²) in [5, 5.41) is 3.59. The first-order valence-electron chi connectivity index (χ1n) is 12.4. The Balaban J connectivity index is 1.87. The van der Waals surface area contributed by atoms with Crippen LogP contribution in [0.5, 0.6) is 0 Å². The van der Waals surface area contributed by atoms with E-state index in [0.717, 1.165) is 28.2 Å². The van der Waals surface area contributed by atoms with Gasteiger partial charge in [-0.2, -0.15) is 0 Å². The lowest BCUT2D eigenvalue weighted by molar-refractivity contribution is -0.138. The van der Waals surface area contributed by atoms with E-state index in [1.807, 2.05) is 108 Å². The fraction of sp³-hybridized carbons (Fsp3) is 0.379. The van der Waals surface area contributed by atoms with Crippen LogP contribution >= 0.6 is 11.8 Å². The first kappa shape index (κ1) is 28.2. The third-order valence-corrected chi connectivity index (χ3v) is 6.93. The minimum atomic E-state index is -0.651. The summed E-state index contributed by atoms with van der Waals surface area (Å²) in [6.07, 6.45) is 0. The number of nitrogens with one attached hydrogen (secondary N) is 1. The van der Waals surface area contributed by atoms with E-state index in [-0.39, 0.29) is 23.5 Å². The van der Waals surface area contributed by atoms with Crippen LogP contribution in [0.4, 0.5) is 11.4 Å². The molecule has 1 atom stereocenters. The van der Waals surface area contributed by atoms with Crippen LogP contribution in [0, 0.1) is 26.7 Å². The maximum Gasteiger partial charge on any atom is 0.247 e. The Kier molecular flexibility index (Phi) is 9.69. The molecule has 1 heterocycles. The van der Waals surface area contributed by atoms with E-state index in [1.165, 1.54) is 11.8 Å². The lowest BCUT2D eigenvalue weighted by Crippen LogP contribution is -2.50. The minimum Gasteiger partial charge on any atom is -0.378 e. The van der Waals surface area contributed by atoms with Crippen LogP contribution < -0.4 is 10.2 Å². The Morgan fingerprint density at radius 1 is 0.946 bits per heavy atom. The Bertz CT molecular complexity index is 1210. The van der Waals surface area contributed by atoms with Crippen molar-refractivity contribution in [3.63, 3.8) is 0 Å². The molecule has 8 heteroatoms. The highest BCUT2D eigenvalue weighted by atomic mass is 32.2. The molecule has 0 aliphatic heterocycles. The molecule has 37 heavy (non-hydrogen) atoms. The van der Waals surface area contributed by atoms with Gasteiger partial charge in [0.05, 0.1) is 5.75 Å². The number of aryl methyl sites for hydroxylation is 3. The van der Waals surface area contributed by atoms with E-state index in [1.54, 1.807) is 4.90 Å². The van der Waals surface area contributed by atoms with Crippen molar-refractivity contribution in [2.45, 2.75) is 52.4 Å². The van der Waals surface area contributed by atoms with E-state index in [4.69, 9.17) is 0 Å². The number of carbonyl (C=O) groups is 2. The van der Waals surface area contributed by atoms with Crippen molar-refractivity contribution in [3.8, 4) is 0 Å². The van der Waals surface area contributed by atoms with E-state index < -0.39 is 6.04 Å². The number of amides is 2. The number of nitrogens with zero attached hydrogens (tertiary/aromatic N) is 4. The third kappa shape index (κ3) is 7.79. The number of hydrogen-bond donors (Lipinski definition) is 1. The number of carbonyl (C=O) groups excluding carboxylic acids is 2. The van der Waals surface area contributed by atoms with Crippen LogP contribution in [0.3, 0.4) is 0 Å². The summed E-state index contributed by atoms with van der Waals surface area (Å²) in [5.74, 6) is -0.297. The summed E-state index contributed by atoms with van der Waals surface area (Å²) in [7, 11) is 3.94. The van der Waals surface area contributed by atoms with Gasteiger partial charge >= 0.3 is 0 Å². The molecule has 2 amide bonds. The van der Waals surface area contributed by atoms with Crippen molar-refractivity contribution in [3.05, 3.63) is 77.1 Å². The molecule has 0 spiro atoms. The van der Waals surface area contributed by atoms with Crippen LogP contribution in [0.2, 0.25) is 0 Å². The molecular weight excluding hydrogens is 482 g/mol. The maximum atomic E-state index is 13.7. The Hall–Kier alpha value is -3.39. The highest BCUT2D eigenvalue weighted by Gasteiger charge is 2.33. The van der Waals surface area contributed by atoms with Gasteiger partial charge in [-0.25, -0.2) is 9.97 Å². The molecule has 0 radical (unpaired) electrons. The zero-order valence-electron chi connectivity index (χ0n) is 22.8. The standard InChI is InChI=1S/C29H37N5O2S/c1-19(2)27(28(36)32-24-12-14-25(15-13-24)33(6)7)34(17-23-11-9-8-10-20(23)3)26(35)18-37-29-30-21(4)16-22(5)31-29/h8-16,19,27H,17-18H2,1-7H3,(H,32,36). The Labute approximate surface area is 224 Å². The second kappa shape index (κ2) is 12.7. The van der Waals surface area contributed by atoms with Crippen molar-refractivity contribution >= 4 is 35.0 Å². The van der Waals surface area contributed by atoms with Crippen LogP contribution in [0.1, 0.15) is 36.4 Å². The van der Waals surface area contributed by atoms with Gasteiger partial charge in [0.1, 0.15) is 6.04 Å². The lowest BCUT2D eigenvalue weighted by Gasteiger charge is -2.34. The average Bonchev–Trinajstić information content (AvgIpc) is 2.83. The second-order valence-corrected chi connectivity index (χ2v) is 10.7. The second-order valence-electron chi connectivity index (χ2n) is 9.79. The van der Waals surface area contributed by atoms with Gasteiger partial charge in [-0.05, 0) is 68.1 Å². The highest BCUT2D eigenvalue weighted by Crippen LogP contribution is 2.23. The van der Waals surface area contributed by atoms with Gasteiger partial charge in [0.2, 0.25) is 11.8 Å². The number of aromatic nitrogens is 2. The fourth-order valence-corrected chi connectivity index (χ4v) is 4.98. The van der Waals surface area contributed by atoms with Gasteiger partial charge < -0.3 is 15.1 Å². The van der Waals surface area contributed by atoms with Crippen molar-refractivity contribution in [1.82, 2.24) is 14.9 Å². The number of hydrogen-bond acceptors (Lipinski definition) is 6. The van der Waals surface area contributed by atoms with E-state index in [9.17, 15) is 9.59 Å². The van der Waals surface area contributed by atoms with Gasteiger partial charge in [0.25, 0.3) is 0 Å². The predicted octanol–water partition coefficient (Wildman–Crippen LogP) is 5.25. The zero-order valence-corrected chi connectivity index (χ0v) is 23.6. The van der Waals surface area contributed by atoms with Crippen molar-refractivity contribution in [1.29, 1.82) is 0 Å². The number of thioether (sulfide) groups is 1. The van der Waals surface area contributed by atoms with Crippen LogP contribution in [0.15, 0.2) is 59.8 Å². The summed E-state index contributed by atoms with van der Waals surface area (Å²) >= 11 is 1.30. The van der Waals surface area contributed by atoms with Gasteiger partial charge in [-0.1, -0.05) is 49.9 Å². The van der Waals surface area contributed by atoms with Crippen LogP contribution in [-0.2, 0) is 16.1 Å². The van der Waals surface area contributed by atoms with Crippen LogP contribution in [-0.4, -0.2) is 52.6 Å². The third-order valence-electron chi connectivity index (χ3n) is 6.10. The molecule has 1 N–H and O–H groups in total. The van der Waals surface area contributed by atoms with Crippen molar-refractivity contribution in [2.75, 3.05) is 30.1 Å². The molecule has 0 bridgehead atoms. The van der Waals surface area contributed by atoms with Gasteiger partial charge in [0, 0.05) is 43.4 Å². The molecule has 1 aromatic heterocycles. The van der Waals surface area contributed by atoms with Gasteiger partial charge in [-0.3, -0.25) is 9.59 Å². The summed E-state index contributed by atoms with van der Waals surface area (Å²) in [6, 6.07) is 16.9. The van der Waals surface area contributed by atoms with Crippen molar-refractivity contribution < 1.29 is 9.59 Å².